The molecule has 3 rings (SSSR count). The van der Waals surface area contributed by atoms with Crippen molar-refractivity contribution in [2.24, 2.45) is 0 Å². The predicted molar refractivity (Wildman–Crippen MR) is 81.8 cm³/mol. The quantitative estimate of drug-likeness (QED) is 0.569. The Labute approximate surface area is 122 Å². The molecule has 0 atom stereocenters. The summed E-state index contributed by atoms with van der Waals surface area (Å²) in [5.74, 6) is 1.67. The molecule has 0 unspecified atom stereocenters. The van der Waals surface area contributed by atoms with E-state index in [4.69, 9.17) is 5.73 Å². The molecule has 0 saturated carbocycles. The molecule has 98 valence electrons. The average Bonchev–Trinajstić information content (AvgIpc) is 3.01. The van der Waals surface area contributed by atoms with Crippen molar-refractivity contribution in [2.45, 2.75) is 14.4 Å². The van der Waals surface area contributed by atoms with Crippen LogP contribution >= 0.6 is 34.9 Å². The summed E-state index contributed by atoms with van der Waals surface area (Å²) >= 11 is 4.85. The molecule has 1 aromatic carbocycles. The van der Waals surface area contributed by atoms with Gasteiger partial charge < -0.3 is 10.7 Å². The third-order valence-electron chi connectivity index (χ3n) is 2.45. The number of aromatic nitrogens is 4. The van der Waals surface area contributed by atoms with Crippen molar-refractivity contribution in [1.29, 1.82) is 0 Å². The second-order valence-electron chi connectivity index (χ2n) is 3.79. The van der Waals surface area contributed by atoms with Crippen LogP contribution < -0.4 is 5.73 Å². The van der Waals surface area contributed by atoms with Gasteiger partial charge >= 0.3 is 0 Å². The van der Waals surface area contributed by atoms with Gasteiger partial charge in [-0.1, -0.05) is 34.9 Å². The number of hydrogen-bond acceptors (Lipinski definition) is 7. The van der Waals surface area contributed by atoms with Gasteiger partial charge in [0.2, 0.25) is 0 Å². The van der Waals surface area contributed by atoms with Gasteiger partial charge in [0.1, 0.15) is 5.82 Å². The maximum atomic E-state index is 5.74. The first-order valence-electron chi connectivity index (χ1n) is 5.49. The van der Waals surface area contributed by atoms with Crippen LogP contribution in [0, 0.1) is 0 Å². The number of thioether (sulfide) groups is 2. The molecular weight excluding hydrogens is 298 g/mol. The predicted octanol–water partition coefficient (Wildman–Crippen LogP) is 3.01. The summed E-state index contributed by atoms with van der Waals surface area (Å²) in [6, 6.07) is 5.68. The van der Waals surface area contributed by atoms with E-state index in [0.29, 0.717) is 0 Å². The number of nitrogens with two attached hydrogens (primary N) is 1. The number of anilines is 1. The Morgan fingerprint density at radius 1 is 1.32 bits per heavy atom. The summed E-state index contributed by atoms with van der Waals surface area (Å²) in [4.78, 5) is 7.78. The van der Waals surface area contributed by atoms with E-state index in [0.717, 1.165) is 37.0 Å². The normalized spacial score (nSPS) is 11.2. The molecule has 0 fully saturated rings. The topological polar surface area (TPSA) is 80.5 Å². The van der Waals surface area contributed by atoms with E-state index in [9.17, 15) is 0 Å². The summed E-state index contributed by atoms with van der Waals surface area (Å²) in [6.07, 6.45) is 2.00. The number of fused-ring (bicyclic) bond motifs is 1. The number of nitrogens with one attached hydrogen (secondary N) is 1. The van der Waals surface area contributed by atoms with E-state index in [1.54, 1.807) is 34.9 Å². The minimum Gasteiger partial charge on any atom is -0.399 e. The highest BCUT2D eigenvalue weighted by atomic mass is 32.2. The summed E-state index contributed by atoms with van der Waals surface area (Å²) in [6.45, 7) is 0. The van der Waals surface area contributed by atoms with Crippen molar-refractivity contribution in [3.05, 3.63) is 24.0 Å². The molecule has 3 N–H and O–H groups in total. The Balaban J connectivity index is 1.74. The number of hydrogen-bond donors (Lipinski definition) is 2. The van der Waals surface area contributed by atoms with E-state index in [2.05, 4.69) is 20.2 Å². The van der Waals surface area contributed by atoms with E-state index < -0.39 is 0 Å². The molecule has 0 saturated heterocycles. The van der Waals surface area contributed by atoms with Gasteiger partial charge in [-0.05, 0) is 24.5 Å². The van der Waals surface area contributed by atoms with E-state index in [1.807, 2.05) is 24.5 Å². The Hall–Kier alpha value is -1.25. The molecule has 0 spiro atoms. The molecule has 19 heavy (non-hydrogen) atoms. The van der Waals surface area contributed by atoms with Crippen LogP contribution in [0.5, 0.6) is 0 Å². The molecule has 2 aromatic heterocycles. The van der Waals surface area contributed by atoms with E-state index in [-0.39, 0.29) is 0 Å². The van der Waals surface area contributed by atoms with Crippen LogP contribution in [0.4, 0.5) is 5.69 Å². The Morgan fingerprint density at radius 3 is 2.95 bits per heavy atom. The molecular formula is C11H11N5S3. The van der Waals surface area contributed by atoms with Gasteiger partial charge in [-0.25, -0.2) is 4.98 Å². The average molecular weight is 309 g/mol. The maximum absolute atomic E-state index is 5.74. The summed E-state index contributed by atoms with van der Waals surface area (Å²) in [7, 11) is 0. The second kappa shape index (κ2) is 5.40. The molecule has 0 bridgehead atoms. The number of benzene rings is 1. The molecule has 3 aromatic rings. The monoisotopic (exact) mass is 309 g/mol. The van der Waals surface area contributed by atoms with Crippen LogP contribution in [0.25, 0.3) is 11.0 Å². The minimum atomic E-state index is 0.740. The lowest BCUT2D eigenvalue weighted by molar-refractivity contribution is 0.954. The Morgan fingerprint density at radius 2 is 2.16 bits per heavy atom. The molecule has 8 heteroatoms. The molecule has 0 aliphatic heterocycles. The summed E-state index contributed by atoms with van der Waals surface area (Å²) in [5.41, 5.74) is 8.39. The highest BCUT2D eigenvalue weighted by molar-refractivity contribution is 8.02. The van der Waals surface area contributed by atoms with Crippen LogP contribution in [-0.4, -0.2) is 26.4 Å². The maximum Gasteiger partial charge on any atom is 0.175 e. The van der Waals surface area contributed by atoms with Gasteiger partial charge in [0.15, 0.2) is 8.68 Å². The highest BCUT2D eigenvalue weighted by Gasteiger charge is 2.07. The first-order valence-corrected chi connectivity index (χ1v) is 8.51. The van der Waals surface area contributed by atoms with Crippen molar-refractivity contribution < 1.29 is 0 Å². The minimum absolute atomic E-state index is 0.740. The van der Waals surface area contributed by atoms with E-state index >= 15 is 0 Å². The lowest BCUT2D eigenvalue weighted by atomic mass is 10.3. The first-order chi connectivity index (χ1) is 9.24. The van der Waals surface area contributed by atoms with Crippen LogP contribution in [0.3, 0.4) is 0 Å². The zero-order valence-electron chi connectivity index (χ0n) is 10.1. The van der Waals surface area contributed by atoms with Gasteiger partial charge in [0.25, 0.3) is 0 Å². The van der Waals surface area contributed by atoms with E-state index in [1.165, 1.54) is 0 Å². The number of nitrogens with zero attached hydrogens (tertiary/aromatic N) is 3. The fourth-order valence-corrected chi connectivity index (χ4v) is 3.92. The largest absolute Gasteiger partial charge is 0.399 e. The smallest absolute Gasteiger partial charge is 0.175 e. The first kappa shape index (κ1) is 12.8. The highest BCUT2D eigenvalue weighted by Crippen LogP contribution is 2.29. The standard InChI is InChI=1S/C11H11N5S3/c1-17-10-15-16-11(19-10)18-5-9-13-7-3-2-6(12)4-8(7)14-9/h2-4H,5,12H2,1H3,(H,13,14). The zero-order chi connectivity index (χ0) is 13.2. The van der Waals surface area contributed by atoms with Crippen LogP contribution in [0.2, 0.25) is 0 Å². The molecule has 5 nitrogen and oxygen atoms in total. The summed E-state index contributed by atoms with van der Waals surface area (Å²) in [5, 5.41) is 8.18. The number of imidazole rings is 1. The number of aromatic amines is 1. The van der Waals surface area contributed by atoms with Gasteiger partial charge in [-0.3, -0.25) is 0 Å². The lowest BCUT2D eigenvalue weighted by Gasteiger charge is -1.91. The van der Waals surface area contributed by atoms with Gasteiger partial charge in [-0.15, -0.1) is 10.2 Å². The SMILES string of the molecule is CSc1nnc(SCc2nc3ccc(N)cc3[nH]2)s1. The van der Waals surface area contributed by atoms with Crippen molar-refractivity contribution in [1.82, 2.24) is 20.2 Å². The van der Waals surface area contributed by atoms with Crippen LogP contribution in [-0.2, 0) is 5.75 Å². The third kappa shape index (κ3) is 2.85. The molecule has 0 amide bonds. The second-order valence-corrected chi connectivity index (χ2v) is 7.04. The van der Waals surface area contributed by atoms with Crippen molar-refractivity contribution in [3.63, 3.8) is 0 Å². The molecule has 0 radical (unpaired) electrons. The number of rotatable bonds is 4. The fourth-order valence-electron chi connectivity index (χ4n) is 1.62. The van der Waals surface area contributed by atoms with Crippen LogP contribution in [0.1, 0.15) is 5.82 Å². The van der Waals surface area contributed by atoms with Gasteiger partial charge in [0.05, 0.1) is 16.8 Å². The van der Waals surface area contributed by atoms with Crippen LogP contribution in [0.15, 0.2) is 26.9 Å². The Bertz CT molecular complexity index is 705. The van der Waals surface area contributed by atoms with Crippen molar-refractivity contribution in [3.8, 4) is 0 Å². The van der Waals surface area contributed by atoms with Gasteiger partial charge in [-0.2, -0.15) is 0 Å². The van der Waals surface area contributed by atoms with Crippen molar-refractivity contribution in [2.75, 3.05) is 12.0 Å². The molecule has 0 aliphatic rings. The number of nitrogen functional groups attached to an aromatic ring is 1. The number of H-pyrrole nitrogens is 1. The van der Waals surface area contributed by atoms with Crippen molar-refractivity contribution >= 4 is 51.6 Å². The fraction of sp³-hybridized carbons (Fsp3) is 0.182. The van der Waals surface area contributed by atoms with Gasteiger partial charge in [0, 0.05) is 5.69 Å². The third-order valence-corrected chi connectivity index (χ3v) is 5.49. The molecule has 2 heterocycles. The zero-order valence-corrected chi connectivity index (χ0v) is 12.5. The lowest BCUT2D eigenvalue weighted by Crippen LogP contribution is -1.83. The molecule has 0 aliphatic carbocycles. The summed E-state index contributed by atoms with van der Waals surface area (Å²) < 4.78 is 1.95. The Kier molecular flexibility index (Phi) is 3.63.